The maximum atomic E-state index is 9.85. The summed E-state index contributed by atoms with van der Waals surface area (Å²) in [5.74, 6) is 0. The predicted molar refractivity (Wildman–Crippen MR) is 218 cm³/mol. The molecule has 0 fully saturated rings. The van der Waals surface area contributed by atoms with Crippen LogP contribution in [0.25, 0.3) is 109 Å². The lowest BCUT2D eigenvalue weighted by Gasteiger charge is -2.18. The van der Waals surface area contributed by atoms with Gasteiger partial charge in [-0.15, -0.1) is 0 Å². The van der Waals surface area contributed by atoms with E-state index in [-0.39, 0.29) is 16.2 Å². The molecule has 0 bridgehead atoms. The standard InChI is InChI=1S/C50H30O/c1-3-11-38-32(9-1)19-22-36-29-35(24-26-39(36)38)31-17-20-34(21-18-31)48-41-13-5-7-15-43(41)49(44-16-8-6-14-42(44)48)37-25-28-47-46(30-37)45-27-23-33-10-2-4-12-40(33)50(45)51-47/h1-30H/i1D,2D,3D,4D,5D,6D,7D,8D,9D,10D,11D,12D,13D,14D,15D,16D,17D,18D,19D,20D,21D,22D,23D,24D,25D,27D,28D,29D,30D. The van der Waals surface area contributed by atoms with E-state index < -0.39 is 268 Å². The van der Waals surface area contributed by atoms with Gasteiger partial charge in [0, 0.05) is 16.2 Å². The summed E-state index contributed by atoms with van der Waals surface area (Å²) in [4.78, 5) is 0. The second kappa shape index (κ2) is 10.9. The lowest BCUT2D eigenvalue weighted by molar-refractivity contribution is 0.672. The lowest BCUT2D eigenvalue weighted by atomic mass is 9.85. The molecule has 1 aromatic heterocycles. The molecule has 1 heterocycles. The van der Waals surface area contributed by atoms with Crippen LogP contribution in [0.15, 0.2) is 186 Å². The molecule has 0 atom stereocenters. The maximum Gasteiger partial charge on any atom is 0.143 e. The molecule has 0 aliphatic heterocycles. The Morgan fingerprint density at radius 3 is 1.55 bits per heavy atom. The van der Waals surface area contributed by atoms with Crippen molar-refractivity contribution in [2.24, 2.45) is 0 Å². The number of hydrogen-bond acceptors (Lipinski definition) is 1. The first kappa shape index (κ1) is 12.0. The van der Waals surface area contributed by atoms with Crippen LogP contribution in [0.3, 0.4) is 0 Å². The molecular weight excluding hydrogens is 617 g/mol. The summed E-state index contributed by atoms with van der Waals surface area (Å²) in [5, 5.41) is -6.21. The zero-order valence-corrected chi connectivity index (χ0v) is 25.5. The molecule has 0 N–H and O–H groups in total. The molecule has 0 aliphatic rings. The minimum absolute atomic E-state index is 0.241. The van der Waals surface area contributed by atoms with Crippen molar-refractivity contribution in [1.29, 1.82) is 0 Å². The van der Waals surface area contributed by atoms with Crippen LogP contribution in [0.2, 0.25) is 0 Å². The Labute approximate surface area is 335 Å². The second-order valence-corrected chi connectivity index (χ2v) is 11.3. The molecule has 236 valence electrons. The highest BCUT2D eigenvalue weighted by atomic mass is 16.3. The summed E-state index contributed by atoms with van der Waals surface area (Å²) in [6.45, 7) is 0. The summed E-state index contributed by atoms with van der Waals surface area (Å²) < 4.78 is 268. The molecule has 51 heavy (non-hydrogen) atoms. The number of benzene rings is 10. The molecule has 0 spiro atoms. The van der Waals surface area contributed by atoms with Gasteiger partial charge in [0.2, 0.25) is 0 Å². The van der Waals surface area contributed by atoms with E-state index in [1.165, 1.54) is 0 Å². The van der Waals surface area contributed by atoms with E-state index in [0.29, 0.717) is 0 Å². The molecule has 10 aromatic carbocycles. The van der Waals surface area contributed by atoms with Gasteiger partial charge in [-0.05, 0) is 106 Å². The Kier molecular flexibility index (Phi) is 2.56. The average molecular weight is 676 g/mol. The largest absolute Gasteiger partial charge is 0.455 e. The highest BCUT2D eigenvalue weighted by molar-refractivity contribution is 6.23. The Bertz CT molecular complexity index is 4760. The van der Waals surface area contributed by atoms with E-state index in [2.05, 4.69) is 0 Å². The Balaban J connectivity index is 1.32. The van der Waals surface area contributed by atoms with Gasteiger partial charge in [-0.3, -0.25) is 0 Å². The number of hydrogen-bond donors (Lipinski definition) is 0. The molecule has 0 saturated carbocycles. The van der Waals surface area contributed by atoms with Crippen molar-refractivity contribution in [1.82, 2.24) is 0 Å². The summed E-state index contributed by atoms with van der Waals surface area (Å²) in [5.41, 5.74) is -5.60. The van der Waals surface area contributed by atoms with Gasteiger partial charge in [-0.2, -0.15) is 0 Å². The van der Waals surface area contributed by atoms with Crippen LogP contribution in [0.5, 0.6) is 0 Å². The van der Waals surface area contributed by atoms with Crippen LogP contribution in [0.4, 0.5) is 0 Å². The molecule has 11 rings (SSSR count). The number of fused-ring (bicyclic) bond motifs is 10. The van der Waals surface area contributed by atoms with Gasteiger partial charge in [-0.25, -0.2) is 0 Å². The normalized spacial score (nSPS) is 19.9. The number of rotatable bonds is 3. The second-order valence-electron chi connectivity index (χ2n) is 11.3. The highest BCUT2D eigenvalue weighted by Gasteiger charge is 2.18. The van der Waals surface area contributed by atoms with Crippen LogP contribution >= 0.6 is 0 Å². The lowest BCUT2D eigenvalue weighted by Crippen LogP contribution is -1.91. The highest BCUT2D eigenvalue weighted by Crippen LogP contribution is 2.45. The molecule has 0 amide bonds. The van der Waals surface area contributed by atoms with Crippen LogP contribution in [0.1, 0.15) is 39.8 Å². The fraction of sp³-hybridized carbons (Fsp3) is 0. The summed E-state index contributed by atoms with van der Waals surface area (Å²) >= 11 is 0. The molecule has 0 aliphatic carbocycles. The van der Waals surface area contributed by atoms with Crippen LogP contribution < -0.4 is 0 Å². The summed E-state index contributed by atoms with van der Waals surface area (Å²) in [6, 6.07) is -24.2. The van der Waals surface area contributed by atoms with Crippen LogP contribution in [0, 0.1) is 0 Å². The molecule has 0 unspecified atom stereocenters. The third-order valence-electron chi connectivity index (χ3n) is 8.59. The quantitative estimate of drug-likeness (QED) is 0.134. The smallest absolute Gasteiger partial charge is 0.143 e. The van der Waals surface area contributed by atoms with Crippen molar-refractivity contribution < 1.29 is 44.2 Å². The van der Waals surface area contributed by atoms with Crippen molar-refractivity contribution in [2.45, 2.75) is 0 Å². The van der Waals surface area contributed by atoms with Crippen molar-refractivity contribution in [3.05, 3.63) is 181 Å². The molecule has 1 heteroatoms. The van der Waals surface area contributed by atoms with Gasteiger partial charge in [0.25, 0.3) is 0 Å². The molecule has 0 saturated heterocycles. The van der Waals surface area contributed by atoms with E-state index in [0.717, 1.165) is 6.07 Å². The van der Waals surface area contributed by atoms with Gasteiger partial charge < -0.3 is 4.42 Å². The molecule has 0 radical (unpaired) electrons. The van der Waals surface area contributed by atoms with E-state index in [9.17, 15) is 16.4 Å². The van der Waals surface area contributed by atoms with Crippen molar-refractivity contribution in [3.8, 4) is 33.4 Å². The van der Waals surface area contributed by atoms with Crippen molar-refractivity contribution in [2.75, 3.05) is 0 Å². The third kappa shape index (κ3) is 4.28. The van der Waals surface area contributed by atoms with Gasteiger partial charge in [-0.1, -0.05) is 157 Å². The molecular formula is C50H30O. The monoisotopic (exact) mass is 675 g/mol. The first-order valence-corrected chi connectivity index (χ1v) is 15.2. The predicted octanol–water partition coefficient (Wildman–Crippen LogP) is 14.4. The van der Waals surface area contributed by atoms with E-state index in [4.69, 9.17) is 27.7 Å². The van der Waals surface area contributed by atoms with Gasteiger partial charge in [0.1, 0.15) is 11.2 Å². The van der Waals surface area contributed by atoms with Gasteiger partial charge >= 0.3 is 0 Å². The van der Waals surface area contributed by atoms with E-state index in [1.54, 1.807) is 0 Å². The minimum atomic E-state index is -1.07. The van der Waals surface area contributed by atoms with E-state index >= 15 is 0 Å². The number of furan rings is 1. The Morgan fingerprint density at radius 1 is 0.314 bits per heavy atom. The van der Waals surface area contributed by atoms with Crippen molar-refractivity contribution >= 4 is 75.8 Å². The van der Waals surface area contributed by atoms with Gasteiger partial charge in [0.15, 0.2) is 0 Å². The third-order valence-corrected chi connectivity index (χ3v) is 8.59. The van der Waals surface area contributed by atoms with Crippen molar-refractivity contribution in [3.63, 3.8) is 0 Å². The molecule has 1 nitrogen and oxygen atoms in total. The topological polar surface area (TPSA) is 13.1 Å². The van der Waals surface area contributed by atoms with E-state index in [1.807, 2.05) is 0 Å². The average Bonchev–Trinajstić information content (AvgIpc) is 3.33. The fourth-order valence-electron chi connectivity index (χ4n) is 6.33. The van der Waals surface area contributed by atoms with Crippen LogP contribution in [-0.4, -0.2) is 0 Å². The minimum Gasteiger partial charge on any atom is -0.455 e. The SMILES string of the molecule is [2H]c1cc2c(c([2H])c1-c1c([2H])c([2H])c(-c3c4c([2H])c([2H])c([2H])c([2H])c4c(-c4c([2H])c([2H])c5oc6c7c([2H])c([2H])c([2H])c([2H])c7c([2H])c([2H])c6c5c4[2H])c4c([2H])c([2H])c([2H])c([2H])c34)c([2H])c1[2H])c([2H])c([2H])c1c([2H])c([2H])c([2H])c([2H])c12. The zero-order chi connectivity index (χ0) is 58.7. The first-order valence-electron chi connectivity index (χ1n) is 29.7. The Morgan fingerprint density at radius 2 is 0.843 bits per heavy atom. The zero-order valence-electron chi connectivity index (χ0n) is 54.5. The Hall–Kier alpha value is -6.70. The summed E-state index contributed by atoms with van der Waals surface area (Å²) in [6.07, 6.45) is 0. The maximum absolute atomic E-state index is 9.85. The first-order chi connectivity index (χ1) is 37.4. The van der Waals surface area contributed by atoms with Crippen LogP contribution in [-0.2, 0) is 0 Å². The van der Waals surface area contributed by atoms with Gasteiger partial charge in [0.05, 0.1) is 39.8 Å². The fourth-order valence-corrected chi connectivity index (χ4v) is 6.33. The summed E-state index contributed by atoms with van der Waals surface area (Å²) in [7, 11) is 0. The molecule has 11 aromatic rings.